The summed E-state index contributed by atoms with van der Waals surface area (Å²) in [6, 6.07) is 3.16. The summed E-state index contributed by atoms with van der Waals surface area (Å²) in [6.07, 6.45) is 4.54. The van der Waals surface area contributed by atoms with Crippen molar-refractivity contribution in [3.05, 3.63) is 28.0 Å². The molecule has 1 fully saturated rings. The highest BCUT2D eigenvalue weighted by Gasteiger charge is 2.21. The van der Waals surface area contributed by atoms with Crippen LogP contribution in [-0.4, -0.2) is 28.9 Å². The van der Waals surface area contributed by atoms with Gasteiger partial charge < -0.3 is 4.90 Å². The van der Waals surface area contributed by atoms with Gasteiger partial charge in [0.15, 0.2) is 0 Å². The highest BCUT2D eigenvalue weighted by molar-refractivity contribution is 6.33. The zero-order chi connectivity index (χ0) is 13.8. The summed E-state index contributed by atoms with van der Waals surface area (Å²) < 4.78 is 0. The van der Waals surface area contributed by atoms with E-state index in [2.05, 4.69) is 11.9 Å². The molecule has 19 heavy (non-hydrogen) atoms. The fraction of sp³-hybridized carbons (Fsp3) is 0.571. The molecule has 1 aliphatic heterocycles. The van der Waals surface area contributed by atoms with Gasteiger partial charge in [0.05, 0.1) is 0 Å². The highest BCUT2D eigenvalue weighted by Crippen LogP contribution is 2.22. The van der Waals surface area contributed by atoms with Crippen LogP contribution in [0.5, 0.6) is 0 Å². The second kappa shape index (κ2) is 6.58. The number of rotatable bonds is 2. The van der Waals surface area contributed by atoms with Crippen LogP contribution in [0.25, 0.3) is 0 Å². The molecule has 0 bridgehead atoms. The summed E-state index contributed by atoms with van der Waals surface area (Å²) in [4.78, 5) is 18.2. The van der Waals surface area contributed by atoms with Gasteiger partial charge in [-0.1, -0.05) is 36.5 Å². The molecule has 1 aromatic heterocycles. The first-order valence-corrected chi connectivity index (χ1v) is 7.48. The number of hydrogen-bond acceptors (Lipinski definition) is 2. The summed E-state index contributed by atoms with van der Waals surface area (Å²) >= 11 is 11.7. The third-order valence-corrected chi connectivity index (χ3v) is 4.11. The molecule has 2 rings (SSSR count). The average Bonchev–Trinajstić information content (AvgIpc) is 2.61. The molecule has 0 N–H and O–H groups in total. The number of nitrogens with zero attached hydrogens (tertiary/aromatic N) is 2. The fourth-order valence-corrected chi connectivity index (χ4v) is 3.01. The van der Waals surface area contributed by atoms with Crippen LogP contribution >= 0.6 is 23.2 Å². The molecule has 1 aromatic rings. The van der Waals surface area contributed by atoms with E-state index in [9.17, 15) is 4.79 Å². The normalized spacial score (nSPS) is 20.2. The number of pyridine rings is 1. The maximum atomic E-state index is 12.4. The molecule has 0 aromatic carbocycles. The lowest BCUT2D eigenvalue weighted by molar-refractivity contribution is 0.0760. The number of aromatic nitrogens is 1. The molecule has 1 unspecified atom stereocenters. The maximum absolute atomic E-state index is 12.4. The van der Waals surface area contributed by atoms with Gasteiger partial charge >= 0.3 is 0 Å². The second-order valence-corrected chi connectivity index (χ2v) is 5.77. The first-order valence-electron chi connectivity index (χ1n) is 6.72. The van der Waals surface area contributed by atoms with Crippen molar-refractivity contribution in [2.45, 2.75) is 32.6 Å². The lowest BCUT2D eigenvalue weighted by atomic mass is 9.98. The summed E-state index contributed by atoms with van der Waals surface area (Å²) in [5, 5.41) is 0.522. The van der Waals surface area contributed by atoms with Gasteiger partial charge in [0, 0.05) is 18.7 Å². The summed E-state index contributed by atoms with van der Waals surface area (Å²) in [5.74, 6) is 0.741. The SMILES string of the molecule is CCC1CCCN(C(=O)c2cc(Cl)nc(Cl)c2)CC1. The van der Waals surface area contributed by atoms with Crippen molar-refractivity contribution in [2.75, 3.05) is 13.1 Å². The molecule has 3 nitrogen and oxygen atoms in total. The minimum absolute atomic E-state index is 0.00273. The van der Waals surface area contributed by atoms with Gasteiger partial charge in [-0.05, 0) is 37.3 Å². The Hall–Kier alpha value is -0.800. The van der Waals surface area contributed by atoms with E-state index in [1.54, 1.807) is 12.1 Å². The fourth-order valence-electron chi connectivity index (χ4n) is 2.55. The van der Waals surface area contributed by atoms with Crippen LogP contribution in [0.4, 0.5) is 0 Å². The van der Waals surface area contributed by atoms with Crippen molar-refractivity contribution >= 4 is 29.1 Å². The van der Waals surface area contributed by atoms with E-state index in [0.29, 0.717) is 5.56 Å². The van der Waals surface area contributed by atoms with Gasteiger partial charge in [-0.25, -0.2) is 4.98 Å². The molecule has 0 spiro atoms. The van der Waals surface area contributed by atoms with Crippen LogP contribution in [0.15, 0.2) is 12.1 Å². The predicted octanol–water partition coefficient (Wildman–Crippen LogP) is 4.04. The molecule has 0 radical (unpaired) electrons. The number of likely N-dealkylation sites (tertiary alicyclic amines) is 1. The van der Waals surface area contributed by atoms with Gasteiger partial charge in [0.2, 0.25) is 0 Å². The Balaban J connectivity index is 2.10. The van der Waals surface area contributed by atoms with Crippen molar-refractivity contribution in [1.29, 1.82) is 0 Å². The molecular formula is C14H18Cl2N2O. The lowest BCUT2D eigenvalue weighted by Crippen LogP contribution is -2.32. The van der Waals surface area contributed by atoms with Crippen LogP contribution < -0.4 is 0 Å². The Morgan fingerprint density at radius 2 is 2.00 bits per heavy atom. The van der Waals surface area contributed by atoms with Crippen LogP contribution in [0.3, 0.4) is 0 Å². The molecule has 1 aliphatic rings. The third-order valence-electron chi connectivity index (χ3n) is 3.72. The van der Waals surface area contributed by atoms with E-state index in [1.165, 1.54) is 12.8 Å². The van der Waals surface area contributed by atoms with Crippen LogP contribution in [-0.2, 0) is 0 Å². The van der Waals surface area contributed by atoms with Gasteiger partial charge in [-0.2, -0.15) is 0 Å². The first-order chi connectivity index (χ1) is 9.10. The molecular weight excluding hydrogens is 283 g/mol. The van der Waals surface area contributed by atoms with Gasteiger partial charge in [-0.15, -0.1) is 0 Å². The topological polar surface area (TPSA) is 33.2 Å². The predicted molar refractivity (Wildman–Crippen MR) is 77.8 cm³/mol. The smallest absolute Gasteiger partial charge is 0.254 e. The molecule has 1 saturated heterocycles. The second-order valence-electron chi connectivity index (χ2n) is 5.00. The molecule has 1 amide bonds. The Bertz CT molecular complexity index is 445. The van der Waals surface area contributed by atoms with E-state index in [-0.39, 0.29) is 16.2 Å². The lowest BCUT2D eigenvalue weighted by Gasteiger charge is -2.20. The van der Waals surface area contributed by atoms with Crippen LogP contribution in [0.1, 0.15) is 43.0 Å². The third kappa shape index (κ3) is 3.83. The minimum atomic E-state index is 0.00273. The van der Waals surface area contributed by atoms with Crippen molar-refractivity contribution in [3.63, 3.8) is 0 Å². The zero-order valence-electron chi connectivity index (χ0n) is 11.0. The van der Waals surface area contributed by atoms with Crippen LogP contribution in [0.2, 0.25) is 10.3 Å². The number of hydrogen-bond donors (Lipinski definition) is 0. The van der Waals surface area contributed by atoms with Gasteiger partial charge in [0.25, 0.3) is 5.91 Å². The van der Waals surface area contributed by atoms with Crippen molar-refractivity contribution < 1.29 is 4.79 Å². The monoisotopic (exact) mass is 300 g/mol. The van der Waals surface area contributed by atoms with Crippen molar-refractivity contribution in [1.82, 2.24) is 9.88 Å². The average molecular weight is 301 g/mol. The maximum Gasteiger partial charge on any atom is 0.254 e. The Morgan fingerprint density at radius 3 is 2.63 bits per heavy atom. The van der Waals surface area contributed by atoms with E-state index in [0.717, 1.165) is 31.8 Å². The molecule has 0 aliphatic carbocycles. The van der Waals surface area contributed by atoms with Gasteiger partial charge in [-0.3, -0.25) is 4.79 Å². The Labute approximate surface area is 123 Å². The highest BCUT2D eigenvalue weighted by atomic mass is 35.5. The molecule has 0 saturated carbocycles. The van der Waals surface area contributed by atoms with E-state index < -0.39 is 0 Å². The van der Waals surface area contributed by atoms with E-state index in [4.69, 9.17) is 23.2 Å². The Kier molecular flexibility index (Phi) is 5.06. The summed E-state index contributed by atoms with van der Waals surface area (Å²) in [7, 11) is 0. The molecule has 104 valence electrons. The summed E-state index contributed by atoms with van der Waals surface area (Å²) in [5.41, 5.74) is 0.528. The molecule has 2 heterocycles. The zero-order valence-corrected chi connectivity index (χ0v) is 12.5. The number of halogens is 2. The largest absolute Gasteiger partial charge is 0.339 e. The first kappa shape index (κ1) is 14.6. The van der Waals surface area contributed by atoms with Gasteiger partial charge in [0.1, 0.15) is 10.3 Å². The molecule has 5 heteroatoms. The van der Waals surface area contributed by atoms with Crippen LogP contribution in [0, 0.1) is 5.92 Å². The van der Waals surface area contributed by atoms with Crippen molar-refractivity contribution in [2.24, 2.45) is 5.92 Å². The van der Waals surface area contributed by atoms with Crippen molar-refractivity contribution in [3.8, 4) is 0 Å². The van der Waals surface area contributed by atoms with E-state index in [1.807, 2.05) is 4.90 Å². The Morgan fingerprint density at radius 1 is 1.32 bits per heavy atom. The minimum Gasteiger partial charge on any atom is -0.339 e. The molecule has 1 atom stereocenters. The van der Waals surface area contributed by atoms with E-state index >= 15 is 0 Å². The number of carbonyl (C=O) groups excluding carboxylic acids is 1. The number of carbonyl (C=O) groups is 1. The summed E-state index contributed by atoms with van der Waals surface area (Å²) in [6.45, 7) is 3.84. The standard InChI is InChI=1S/C14H18Cl2N2O/c1-2-10-4-3-6-18(7-5-10)14(19)11-8-12(15)17-13(16)9-11/h8-10H,2-7H2,1H3. The quantitative estimate of drug-likeness (QED) is 0.772. The number of amides is 1.